The van der Waals surface area contributed by atoms with Gasteiger partial charge in [0.25, 0.3) is 0 Å². The van der Waals surface area contributed by atoms with Crippen molar-refractivity contribution in [3.63, 3.8) is 0 Å². The van der Waals surface area contributed by atoms with Crippen molar-refractivity contribution in [2.24, 2.45) is 0 Å². The van der Waals surface area contributed by atoms with E-state index in [-0.39, 0.29) is 6.61 Å². The Morgan fingerprint density at radius 1 is 1.41 bits per heavy atom. The van der Waals surface area contributed by atoms with Crippen molar-refractivity contribution in [3.05, 3.63) is 51.2 Å². The summed E-state index contributed by atoms with van der Waals surface area (Å²) in [5, 5.41) is 12.6. The lowest BCUT2D eigenvalue weighted by molar-refractivity contribution is 0.108. The van der Waals surface area contributed by atoms with E-state index in [4.69, 9.17) is 16.3 Å². The monoisotopic (exact) mass is 268 g/mol. The summed E-state index contributed by atoms with van der Waals surface area (Å²) < 4.78 is 5.50. The highest BCUT2D eigenvalue weighted by Crippen LogP contribution is 2.24. The van der Waals surface area contributed by atoms with Gasteiger partial charge in [-0.2, -0.15) is 0 Å². The minimum atomic E-state index is -0.597. The van der Waals surface area contributed by atoms with E-state index in [9.17, 15) is 5.11 Å². The van der Waals surface area contributed by atoms with Crippen LogP contribution in [0.25, 0.3) is 0 Å². The summed E-state index contributed by atoms with van der Waals surface area (Å²) in [4.78, 5) is 1.12. The molecule has 2 aromatic rings. The molecule has 2 nitrogen and oxygen atoms in total. The summed E-state index contributed by atoms with van der Waals surface area (Å²) in [5.41, 5.74) is 0.928. The van der Waals surface area contributed by atoms with Crippen molar-refractivity contribution in [1.82, 2.24) is 0 Å². The largest absolute Gasteiger partial charge is 0.490 e. The fraction of sp³-hybridized carbons (Fsp3) is 0.231. The molecular weight excluding hydrogens is 256 g/mol. The lowest BCUT2D eigenvalue weighted by Gasteiger charge is -2.12. The van der Waals surface area contributed by atoms with Crippen LogP contribution in [0.15, 0.2) is 35.7 Å². The molecule has 1 unspecified atom stereocenters. The Bertz CT molecular complexity index is 496. The molecule has 0 spiro atoms. The van der Waals surface area contributed by atoms with Crippen LogP contribution in [0, 0.1) is 6.92 Å². The molecule has 1 aromatic carbocycles. The molecule has 1 heterocycles. The van der Waals surface area contributed by atoms with Gasteiger partial charge in [-0.05, 0) is 42.1 Å². The van der Waals surface area contributed by atoms with E-state index in [2.05, 4.69) is 0 Å². The Morgan fingerprint density at radius 2 is 2.24 bits per heavy atom. The second-order valence-electron chi connectivity index (χ2n) is 3.72. The Balaban J connectivity index is 1.97. The Morgan fingerprint density at radius 3 is 2.88 bits per heavy atom. The average molecular weight is 269 g/mol. The number of hydrogen-bond donors (Lipinski definition) is 1. The number of halogens is 1. The molecule has 0 aliphatic heterocycles. The van der Waals surface area contributed by atoms with Crippen molar-refractivity contribution in [3.8, 4) is 5.75 Å². The predicted octanol–water partition coefficient (Wildman–Crippen LogP) is 3.82. The highest BCUT2D eigenvalue weighted by molar-refractivity contribution is 7.10. The number of ether oxygens (including phenoxy) is 1. The van der Waals surface area contributed by atoms with Crippen LogP contribution in [0.3, 0.4) is 0 Å². The maximum Gasteiger partial charge on any atom is 0.120 e. The first-order chi connectivity index (χ1) is 8.16. The topological polar surface area (TPSA) is 29.5 Å². The van der Waals surface area contributed by atoms with Gasteiger partial charge in [0.05, 0.1) is 0 Å². The van der Waals surface area contributed by atoms with E-state index in [1.165, 1.54) is 0 Å². The molecule has 0 amide bonds. The van der Waals surface area contributed by atoms with E-state index in [1.54, 1.807) is 23.5 Å². The molecule has 17 heavy (non-hydrogen) atoms. The number of aliphatic hydroxyl groups is 1. The molecule has 0 saturated heterocycles. The van der Waals surface area contributed by atoms with Crippen LogP contribution >= 0.6 is 22.9 Å². The van der Waals surface area contributed by atoms with Crippen molar-refractivity contribution in [2.75, 3.05) is 6.61 Å². The summed E-state index contributed by atoms with van der Waals surface area (Å²) in [6.45, 7) is 2.22. The van der Waals surface area contributed by atoms with Gasteiger partial charge in [-0.15, -0.1) is 11.3 Å². The highest BCUT2D eigenvalue weighted by atomic mass is 35.5. The van der Waals surface area contributed by atoms with Crippen LogP contribution in [0.4, 0.5) is 0 Å². The lowest BCUT2D eigenvalue weighted by atomic mass is 10.1. The van der Waals surface area contributed by atoms with E-state index < -0.39 is 6.10 Å². The summed E-state index contributed by atoms with van der Waals surface area (Å²) in [6.07, 6.45) is -0.597. The van der Waals surface area contributed by atoms with Crippen LogP contribution in [0.2, 0.25) is 5.02 Å². The van der Waals surface area contributed by atoms with Gasteiger partial charge in [0.1, 0.15) is 18.5 Å². The number of rotatable bonds is 4. The van der Waals surface area contributed by atoms with Gasteiger partial charge < -0.3 is 9.84 Å². The second-order valence-corrected chi connectivity index (χ2v) is 5.27. The van der Waals surface area contributed by atoms with E-state index >= 15 is 0 Å². The van der Waals surface area contributed by atoms with E-state index in [0.29, 0.717) is 10.8 Å². The molecule has 90 valence electrons. The minimum Gasteiger partial charge on any atom is -0.490 e. The molecule has 0 radical (unpaired) electrons. The third-order valence-corrected chi connectivity index (χ3v) is 3.56. The summed E-state index contributed by atoms with van der Waals surface area (Å²) >= 11 is 7.46. The lowest BCUT2D eigenvalue weighted by Crippen LogP contribution is -2.09. The number of benzene rings is 1. The molecule has 0 aliphatic carbocycles. The first-order valence-electron chi connectivity index (χ1n) is 5.27. The van der Waals surface area contributed by atoms with Gasteiger partial charge in [0.2, 0.25) is 0 Å². The number of aliphatic hydroxyl groups excluding tert-OH is 1. The van der Waals surface area contributed by atoms with Crippen molar-refractivity contribution in [2.45, 2.75) is 13.0 Å². The van der Waals surface area contributed by atoms with E-state index in [1.807, 2.05) is 30.5 Å². The highest BCUT2D eigenvalue weighted by Gasteiger charge is 2.12. The first kappa shape index (κ1) is 12.4. The van der Waals surface area contributed by atoms with Crippen molar-refractivity contribution >= 4 is 22.9 Å². The average Bonchev–Trinajstić information content (AvgIpc) is 2.72. The maximum atomic E-state index is 9.97. The molecule has 0 bridgehead atoms. The molecule has 1 atom stereocenters. The molecule has 0 saturated carbocycles. The predicted molar refractivity (Wildman–Crippen MR) is 71.0 cm³/mol. The normalized spacial score (nSPS) is 12.4. The van der Waals surface area contributed by atoms with Gasteiger partial charge in [0, 0.05) is 9.90 Å². The maximum absolute atomic E-state index is 9.97. The molecule has 1 N–H and O–H groups in total. The van der Waals surface area contributed by atoms with Gasteiger partial charge in [-0.3, -0.25) is 0 Å². The fourth-order valence-corrected chi connectivity index (χ4v) is 2.50. The van der Waals surface area contributed by atoms with E-state index in [0.717, 1.165) is 10.4 Å². The zero-order valence-corrected chi connectivity index (χ0v) is 11.0. The molecule has 0 aliphatic rings. The number of thiophene rings is 1. The second kappa shape index (κ2) is 5.54. The molecule has 4 heteroatoms. The number of hydrogen-bond acceptors (Lipinski definition) is 3. The molecule has 1 aromatic heterocycles. The van der Waals surface area contributed by atoms with Crippen LogP contribution in [0.1, 0.15) is 16.5 Å². The van der Waals surface area contributed by atoms with Gasteiger partial charge in [0.15, 0.2) is 0 Å². The molecule has 0 fully saturated rings. The van der Waals surface area contributed by atoms with Crippen LogP contribution in [-0.2, 0) is 0 Å². The van der Waals surface area contributed by atoms with Crippen molar-refractivity contribution < 1.29 is 9.84 Å². The van der Waals surface area contributed by atoms with Crippen molar-refractivity contribution in [1.29, 1.82) is 0 Å². The third kappa shape index (κ3) is 3.22. The third-order valence-electron chi connectivity index (χ3n) is 2.46. The standard InChI is InChI=1S/C13H13ClO2S/c1-9-12(5-6-17-9)13(15)8-16-11-4-2-3-10(14)7-11/h2-7,13,15H,8H2,1H3. The first-order valence-corrected chi connectivity index (χ1v) is 6.53. The van der Waals surface area contributed by atoms with Crippen LogP contribution < -0.4 is 4.74 Å². The van der Waals surface area contributed by atoms with Gasteiger partial charge in [-0.1, -0.05) is 17.7 Å². The smallest absolute Gasteiger partial charge is 0.120 e. The quantitative estimate of drug-likeness (QED) is 0.913. The minimum absolute atomic E-state index is 0.234. The van der Waals surface area contributed by atoms with Gasteiger partial charge in [-0.25, -0.2) is 0 Å². The summed E-state index contributed by atoms with van der Waals surface area (Å²) in [5.74, 6) is 0.671. The molecular formula is C13H13ClO2S. The van der Waals surface area contributed by atoms with Crippen LogP contribution in [0.5, 0.6) is 5.75 Å². The fourth-order valence-electron chi connectivity index (χ4n) is 1.56. The zero-order chi connectivity index (χ0) is 12.3. The Kier molecular flexibility index (Phi) is 4.05. The molecule has 2 rings (SSSR count). The summed E-state index contributed by atoms with van der Waals surface area (Å²) in [7, 11) is 0. The van der Waals surface area contributed by atoms with Gasteiger partial charge >= 0.3 is 0 Å². The summed E-state index contributed by atoms with van der Waals surface area (Å²) in [6, 6.07) is 9.08. The van der Waals surface area contributed by atoms with Crippen LogP contribution in [-0.4, -0.2) is 11.7 Å². The Labute approximate surface area is 109 Å². The Hall–Kier alpha value is -1.03. The number of aryl methyl sites for hydroxylation is 1. The SMILES string of the molecule is Cc1sccc1C(O)COc1cccc(Cl)c1. The zero-order valence-electron chi connectivity index (χ0n) is 9.39.